The average molecular weight is 341 g/mol. The van der Waals surface area contributed by atoms with E-state index in [1.54, 1.807) is 23.3 Å². The van der Waals surface area contributed by atoms with E-state index in [9.17, 15) is 9.59 Å². The fraction of sp³-hybridized carbons (Fsp3) is 0.294. The fourth-order valence-corrected chi connectivity index (χ4v) is 2.89. The van der Waals surface area contributed by atoms with E-state index < -0.39 is 5.63 Å². The summed E-state index contributed by atoms with van der Waals surface area (Å²) < 4.78 is 15.7. The van der Waals surface area contributed by atoms with Crippen molar-refractivity contribution in [1.29, 1.82) is 0 Å². The summed E-state index contributed by atoms with van der Waals surface area (Å²) in [5.74, 6) is 1.41. The fourth-order valence-electron chi connectivity index (χ4n) is 2.89. The Morgan fingerprint density at radius 1 is 1.12 bits per heavy atom. The summed E-state index contributed by atoms with van der Waals surface area (Å²) in [6, 6.07) is 6.24. The molecule has 128 valence electrons. The second kappa shape index (κ2) is 6.39. The van der Waals surface area contributed by atoms with Crippen LogP contribution in [0.4, 0.5) is 0 Å². The normalized spacial score (nSPS) is 15.4. The first kappa shape index (κ1) is 15.4. The molecule has 1 aliphatic rings. The molecule has 0 atom stereocenters. The number of hydrogen-bond donors (Lipinski definition) is 0. The van der Waals surface area contributed by atoms with Crippen molar-refractivity contribution in [2.75, 3.05) is 13.1 Å². The van der Waals surface area contributed by atoms with E-state index in [1.807, 2.05) is 0 Å². The van der Waals surface area contributed by atoms with Gasteiger partial charge in [-0.05, 0) is 31.0 Å². The lowest BCUT2D eigenvalue weighted by molar-refractivity contribution is 0.0703. The van der Waals surface area contributed by atoms with Crippen molar-refractivity contribution < 1.29 is 18.0 Å². The number of rotatable bonds is 3. The molecule has 1 aliphatic heterocycles. The van der Waals surface area contributed by atoms with Crippen LogP contribution in [0, 0.1) is 0 Å². The second-order valence-corrected chi connectivity index (χ2v) is 5.83. The van der Waals surface area contributed by atoms with Gasteiger partial charge in [0.05, 0.1) is 11.8 Å². The lowest BCUT2D eigenvalue weighted by Crippen LogP contribution is -2.38. The van der Waals surface area contributed by atoms with Crippen molar-refractivity contribution in [2.45, 2.75) is 18.8 Å². The maximum Gasteiger partial charge on any atom is 0.335 e. The summed E-state index contributed by atoms with van der Waals surface area (Å²) in [7, 11) is 0. The van der Waals surface area contributed by atoms with Crippen LogP contribution < -0.4 is 5.63 Å². The zero-order chi connectivity index (χ0) is 17.2. The Morgan fingerprint density at radius 3 is 2.64 bits per heavy atom. The van der Waals surface area contributed by atoms with Crippen molar-refractivity contribution in [2.24, 2.45) is 0 Å². The molecule has 8 nitrogen and oxygen atoms in total. The molecule has 1 fully saturated rings. The van der Waals surface area contributed by atoms with Crippen LogP contribution in [0.5, 0.6) is 0 Å². The predicted octanol–water partition coefficient (Wildman–Crippen LogP) is 2.30. The lowest BCUT2D eigenvalue weighted by Gasteiger charge is -2.30. The Morgan fingerprint density at radius 2 is 1.96 bits per heavy atom. The molecule has 0 unspecified atom stereocenters. The third-order valence-electron chi connectivity index (χ3n) is 4.25. The number of furan rings is 1. The largest absolute Gasteiger partial charge is 0.459 e. The Balaban J connectivity index is 1.40. The summed E-state index contributed by atoms with van der Waals surface area (Å²) in [6.07, 6.45) is 4.20. The minimum absolute atomic E-state index is 0.106. The maximum atomic E-state index is 12.4. The van der Waals surface area contributed by atoms with Crippen LogP contribution in [0.15, 0.2) is 54.8 Å². The van der Waals surface area contributed by atoms with E-state index in [0.717, 1.165) is 12.8 Å². The van der Waals surface area contributed by atoms with E-state index in [0.29, 0.717) is 36.2 Å². The first-order valence-corrected chi connectivity index (χ1v) is 7.96. The molecule has 1 amide bonds. The van der Waals surface area contributed by atoms with Gasteiger partial charge in [0.25, 0.3) is 11.8 Å². The van der Waals surface area contributed by atoms with Gasteiger partial charge in [-0.15, -0.1) is 10.2 Å². The topological polar surface area (TPSA) is 103 Å². The number of hydrogen-bond acceptors (Lipinski definition) is 7. The van der Waals surface area contributed by atoms with Gasteiger partial charge in [0.2, 0.25) is 5.89 Å². The number of amides is 1. The van der Waals surface area contributed by atoms with Gasteiger partial charge in [-0.1, -0.05) is 0 Å². The van der Waals surface area contributed by atoms with Gasteiger partial charge in [-0.2, -0.15) is 0 Å². The monoisotopic (exact) mass is 341 g/mol. The van der Waals surface area contributed by atoms with E-state index in [2.05, 4.69) is 10.2 Å². The molecule has 0 saturated carbocycles. The van der Waals surface area contributed by atoms with Crippen LogP contribution in [-0.4, -0.2) is 34.1 Å². The molecular weight excluding hydrogens is 326 g/mol. The van der Waals surface area contributed by atoms with Crippen molar-refractivity contribution in [3.05, 3.63) is 58.7 Å². The molecule has 4 heterocycles. The molecule has 0 N–H and O–H groups in total. The molecule has 8 heteroatoms. The van der Waals surface area contributed by atoms with E-state index in [1.165, 1.54) is 18.4 Å². The van der Waals surface area contributed by atoms with Crippen molar-refractivity contribution in [3.63, 3.8) is 0 Å². The van der Waals surface area contributed by atoms with E-state index in [-0.39, 0.29) is 11.8 Å². The van der Waals surface area contributed by atoms with Crippen molar-refractivity contribution >= 4 is 5.91 Å². The van der Waals surface area contributed by atoms with Crippen LogP contribution >= 0.6 is 0 Å². The summed E-state index contributed by atoms with van der Waals surface area (Å²) in [5, 5.41) is 8.11. The van der Waals surface area contributed by atoms with Gasteiger partial charge in [-0.3, -0.25) is 4.79 Å². The van der Waals surface area contributed by atoms with Crippen LogP contribution in [0.3, 0.4) is 0 Å². The Kier molecular flexibility index (Phi) is 3.93. The molecule has 25 heavy (non-hydrogen) atoms. The van der Waals surface area contributed by atoms with Gasteiger partial charge in [0.1, 0.15) is 6.26 Å². The number of piperidine rings is 1. The Bertz CT molecular complexity index is 899. The van der Waals surface area contributed by atoms with E-state index in [4.69, 9.17) is 13.3 Å². The number of carbonyl (C=O) groups is 1. The molecule has 0 aromatic carbocycles. The lowest BCUT2D eigenvalue weighted by atomic mass is 9.96. The molecule has 4 rings (SSSR count). The molecule has 3 aromatic rings. The minimum Gasteiger partial charge on any atom is -0.459 e. The first-order chi connectivity index (χ1) is 12.2. The molecule has 1 saturated heterocycles. The molecule has 0 aliphatic carbocycles. The van der Waals surface area contributed by atoms with Crippen LogP contribution in [0.2, 0.25) is 0 Å². The van der Waals surface area contributed by atoms with Crippen LogP contribution in [0.25, 0.3) is 11.7 Å². The van der Waals surface area contributed by atoms with E-state index >= 15 is 0 Å². The number of aromatic nitrogens is 2. The van der Waals surface area contributed by atoms with Gasteiger partial charge >= 0.3 is 5.63 Å². The maximum absolute atomic E-state index is 12.4. The molecule has 0 bridgehead atoms. The average Bonchev–Trinajstić information content (AvgIpc) is 3.33. The molecule has 0 spiro atoms. The number of nitrogens with zero attached hydrogens (tertiary/aromatic N) is 3. The Labute approximate surface area is 142 Å². The number of carbonyl (C=O) groups excluding carboxylic acids is 1. The molecule has 3 aromatic heterocycles. The van der Waals surface area contributed by atoms with Gasteiger partial charge in [0.15, 0.2) is 5.76 Å². The zero-order valence-electron chi connectivity index (χ0n) is 13.3. The third-order valence-corrected chi connectivity index (χ3v) is 4.25. The van der Waals surface area contributed by atoms with Crippen LogP contribution in [-0.2, 0) is 0 Å². The highest BCUT2D eigenvalue weighted by Gasteiger charge is 2.28. The number of likely N-dealkylation sites (tertiary alicyclic amines) is 1. The van der Waals surface area contributed by atoms with Crippen molar-refractivity contribution in [1.82, 2.24) is 15.1 Å². The smallest absolute Gasteiger partial charge is 0.335 e. The van der Waals surface area contributed by atoms with Gasteiger partial charge < -0.3 is 18.2 Å². The summed E-state index contributed by atoms with van der Waals surface area (Å²) in [6.45, 7) is 1.14. The summed E-state index contributed by atoms with van der Waals surface area (Å²) in [5.41, 5.74) is -0.102. The highest BCUT2D eigenvalue weighted by molar-refractivity contribution is 5.93. The van der Waals surface area contributed by atoms with Crippen molar-refractivity contribution in [3.8, 4) is 11.7 Å². The quantitative estimate of drug-likeness (QED) is 0.720. The third kappa shape index (κ3) is 3.10. The predicted molar refractivity (Wildman–Crippen MR) is 84.9 cm³/mol. The Hall–Kier alpha value is -3.16. The second-order valence-electron chi connectivity index (χ2n) is 5.83. The summed E-state index contributed by atoms with van der Waals surface area (Å²) in [4.78, 5) is 25.1. The highest BCUT2D eigenvalue weighted by Crippen LogP contribution is 2.29. The van der Waals surface area contributed by atoms with Crippen LogP contribution in [0.1, 0.15) is 35.0 Å². The zero-order valence-corrected chi connectivity index (χ0v) is 13.3. The standard InChI is InChI=1S/C17H15N3O5/c21-14-4-3-12(10-24-14)17(22)20-7-5-11(6-8-20)15-18-19-16(25-15)13-2-1-9-23-13/h1-4,9-11H,5-8H2. The highest BCUT2D eigenvalue weighted by atomic mass is 16.4. The minimum atomic E-state index is -0.473. The van der Waals surface area contributed by atoms with Gasteiger partial charge in [-0.25, -0.2) is 4.79 Å². The SMILES string of the molecule is O=C(c1ccc(=O)oc1)N1CCC(c2nnc(-c3ccco3)o2)CC1. The molecular formula is C17H15N3O5. The summed E-state index contributed by atoms with van der Waals surface area (Å²) >= 11 is 0. The van der Waals surface area contributed by atoms with Gasteiger partial charge in [0, 0.05) is 25.1 Å². The molecule has 0 radical (unpaired) electrons. The first-order valence-electron chi connectivity index (χ1n) is 7.96.